The van der Waals surface area contributed by atoms with Gasteiger partial charge in [-0.25, -0.2) is 0 Å². The Morgan fingerprint density at radius 1 is 1.35 bits per heavy atom. The molecule has 1 aromatic carbocycles. The molecule has 0 spiro atoms. The van der Waals surface area contributed by atoms with Gasteiger partial charge in [0, 0.05) is 13.1 Å². The normalized spacial score (nSPS) is 29.2. The number of morpholine rings is 1. The van der Waals surface area contributed by atoms with E-state index in [-0.39, 0.29) is 5.60 Å². The van der Waals surface area contributed by atoms with E-state index in [0.29, 0.717) is 6.10 Å². The van der Waals surface area contributed by atoms with E-state index in [1.54, 1.807) is 0 Å². The highest BCUT2D eigenvalue weighted by atomic mass is 16.5. The van der Waals surface area contributed by atoms with Gasteiger partial charge >= 0.3 is 0 Å². The van der Waals surface area contributed by atoms with Gasteiger partial charge in [0.2, 0.25) is 0 Å². The number of hydrogen-bond acceptors (Lipinski definition) is 2. The van der Waals surface area contributed by atoms with Crippen LogP contribution in [0, 0.1) is 0 Å². The van der Waals surface area contributed by atoms with Gasteiger partial charge in [-0.15, -0.1) is 0 Å². The zero-order valence-corrected chi connectivity index (χ0v) is 10.9. The van der Waals surface area contributed by atoms with Crippen LogP contribution < -0.4 is 5.32 Å². The van der Waals surface area contributed by atoms with E-state index >= 15 is 0 Å². The van der Waals surface area contributed by atoms with Gasteiger partial charge in [-0.1, -0.05) is 37.3 Å². The summed E-state index contributed by atoms with van der Waals surface area (Å²) in [7, 11) is 0. The van der Waals surface area contributed by atoms with Crippen molar-refractivity contribution in [3.8, 4) is 0 Å². The maximum atomic E-state index is 6.18. The van der Waals surface area contributed by atoms with Crippen molar-refractivity contribution in [2.75, 3.05) is 13.1 Å². The fourth-order valence-corrected chi connectivity index (χ4v) is 2.41. The summed E-state index contributed by atoms with van der Waals surface area (Å²) in [6, 6.07) is 10.7. The molecule has 94 valence electrons. The van der Waals surface area contributed by atoms with E-state index in [9.17, 15) is 0 Å². The Morgan fingerprint density at radius 3 is 2.82 bits per heavy atom. The molecule has 1 saturated heterocycles. The molecule has 1 aliphatic rings. The molecule has 1 aliphatic heterocycles. The van der Waals surface area contributed by atoms with Crippen molar-refractivity contribution in [2.45, 2.75) is 44.8 Å². The predicted octanol–water partition coefficient (Wildman–Crippen LogP) is 2.78. The van der Waals surface area contributed by atoms with Crippen molar-refractivity contribution in [1.82, 2.24) is 5.32 Å². The number of hydrogen-bond donors (Lipinski definition) is 1. The summed E-state index contributed by atoms with van der Waals surface area (Å²) in [6.07, 6.45) is 3.65. The average molecular weight is 233 g/mol. The summed E-state index contributed by atoms with van der Waals surface area (Å²) >= 11 is 0. The minimum atomic E-state index is -0.00519. The van der Waals surface area contributed by atoms with Crippen molar-refractivity contribution < 1.29 is 4.74 Å². The smallest absolute Gasteiger partial charge is 0.0785 e. The minimum Gasteiger partial charge on any atom is -0.369 e. The molecular formula is C15H23NO. The Hall–Kier alpha value is -0.860. The third kappa shape index (κ3) is 3.55. The highest BCUT2D eigenvalue weighted by molar-refractivity contribution is 5.15. The molecule has 0 aromatic heterocycles. The van der Waals surface area contributed by atoms with E-state index in [1.165, 1.54) is 5.56 Å². The first-order chi connectivity index (χ1) is 8.22. The summed E-state index contributed by atoms with van der Waals surface area (Å²) in [6.45, 7) is 6.38. The number of aryl methyl sites for hydroxylation is 1. The highest BCUT2D eigenvalue weighted by Gasteiger charge is 2.31. The zero-order chi connectivity index (χ0) is 12.1. The van der Waals surface area contributed by atoms with Crippen LogP contribution in [0.25, 0.3) is 0 Å². The van der Waals surface area contributed by atoms with Crippen LogP contribution in [-0.4, -0.2) is 24.8 Å². The number of rotatable bonds is 4. The summed E-state index contributed by atoms with van der Waals surface area (Å²) in [5.74, 6) is 0. The Bertz CT molecular complexity index is 338. The summed E-state index contributed by atoms with van der Waals surface area (Å²) in [4.78, 5) is 0. The Labute approximate surface area is 104 Å². The number of ether oxygens (including phenoxy) is 1. The largest absolute Gasteiger partial charge is 0.369 e. The second kappa shape index (κ2) is 5.65. The van der Waals surface area contributed by atoms with Gasteiger partial charge in [0.05, 0.1) is 11.7 Å². The van der Waals surface area contributed by atoms with E-state index in [1.807, 2.05) is 0 Å². The molecule has 2 nitrogen and oxygen atoms in total. The lowest BCUT2D eigenvalue weighted by atomic mass is 9.94. The molecule has 2 rings (SSSR count). The van der Waals surface area contributed by atoms with Gasteiger partial charge in [0.1, 0.15) is 0 Å². The molecule has 0 amide bonds. The molecule has 0 aliphatic carbocycles. The molecule has 17 heavy (non-hydrogen) atoms. The molecule has 0 bridgehead atoms. The minimum absolute atomic E-state index is 0.00519. The van der Waals surface area contributed by atoms with Crippen molar-refractivity contribution in [2.24, 2.45) is 0 Å². The van der Waals surface area contributed by atoms with Crippen LogP contribution in [0.15, 0.2) is 30.3 Å². The van der Waals surface area contributed by atoms with Gasteiger partial charge in [-0.05, 0) is 31.7 Å². The van der Waals surface area contributed by atoms with Gasteiger partial charge in [0.25, 0.3) is 0 Å². The van der Waals surface area contributed by atoms with Crippen LogP contribution in [0.3, 0.4) is 0 Å². The first kappa shape index (κ1) is 12.6. The van der Waals surface area contributed by atoms with E-state index < -0.39 is 0 Å². The molecule has 1 heterocycles. The van der Waals surface area contributed by atoms with E-state index in [2.05, 4.69) is 49.5 Å². The van der Waals surface area contributed by atoms with Crippen LogP contribution in [-0.2, 0) is 11.2 Å². The number of benzene rings is 1. The van der Waals surface area contributed by atoms with Crippen LogP contribution in [0.2, 0.25) is 0 Å². The van der Waals surface area contributed by atoms with Crippen molar-refractivity contribution in [3.05, 3.63) is 35.9 Å². The summed E-state index contributed by atoms with van der Waals surface area (Å²) < 4.78 is 6.18. The molecule has 0 radical (unpaired) electrons. The maximum absolute atomic E-state index is 6.18. The predicted molar refractivity (Wildman–Crippen MR) is 71.2 cm³/mol. The third-order valence-corrected chi connectivity index (χ3v) is 3.56. The standard InChI is InChI=1S/C15H23NO/c1-3-14-11-16-12-15(2,17-14)10-9-13-7-5-4-6-8-13/h4-8,14,16H,3,9-12H2,1-2H3. The van der Waals surface area contributed by atoms with Crippen molar-refractivity contribution >= 4 is 0 Å². The topological polar surface area (TPSA) is 21.3 Å². The molecule has 2 atom stereocenters. The zero-order valence-electron chi connectivity index (χ0n) is 10.9. The summed E-state index contributed by atoms with van der Waals surface area (Å²) in [5, 5.41) is 3.49. The Morgan fingerprint density at radius 2 is 2.12 bits per heavy atom. The lowest BCUT2D eigenvalue weighted by Crippen LogP contribution is -2.52. The Balaban J connectivity index is 1.89. The summed E-state index contributed by atoms with van der Waals surface area (Å²) in [5.41, 5.74) is 1.39. The van der Waals surface area contributed by atoms with Crippen LogP contribution in [0.5, 0.6) is 0 Å². The first-order valence-corrected chi connectivity index (χ1v) is 6.64. The second-order valence-corrected chi connectivity index (χ2v) is 5.21. The molecule has 0 saturated carbocycles. The van der Waals surface area contributed by atoms with E-state index in [4.69, 9.17) is 4.74 Å². The molecule has 1 fully saturated rings. The highest BCUT2D eigenvalue weighted by Crippen LogP contribution is 2.23. The van der Waals surface area contributed by atoms with Gasteiger partial charge < -0.3 is 10.1 Å². The lowest BCUT2D eigenvalue weighted by Gasteiger charge is -2.39. The lowest BCUT2D eigenvalue weighted by molar-refractivity contribution is -0.109. The second-order valence-electron chi connectivity index (χ2n) is 5.21. The maximum Gasteiger partial charge on any atom is 0.0785 e. The Kier molecular flexibility index (Phi) is 4.19. The van der Waals surface area contributed by atoms with Crippen LogP contribution >= 0.6 is 0 Å². The van der Waals surface area contributed by atoms with Gasteiger partial charge in [0.15, 0.2) is 0 Å². The fourth-order valence-electron chi connectivity index (χ4n) is 2.41. The van der Waals surface area contributed by atoms with E-state index in [0.717, 1.165) is 32.4 Å². The molecule has 1 N–H and O–H groups in total. The van der Waals surface area contributed by atoms with Crippen molar-refractivity contribution in [1.29, 1.82) is 0 Å². The first-order valence-electron chi connectivity index (χ1n) is 6.64. The quantitative estimate of drug-likeness (QED) is 0.863. The molecular weight excluding hydrogens is 210 g/mol. The average Bonchev–Trinajstić information content (AvgIpc) is 2.38. The van der Waals surface area contributed by atoms with Gasteiger partial charge in [-0.3, -0.25) is 0 Å². The third-order valence-electron chi connectivity index (χ3n) is 3.56. The SMILES string of the molecule is CCC1CNCC(C)(CCc2ccccc2)O1. The monoisotopic (exact) mass is 233 g/mol. The van der Waals surface area contributed by atoms with Gasteiger partial charge in [-0.2, -0.15) is 0 Å². The number of nitrogens with one attached hydrogen (secondary N) is 1. The molecule has 2 heteroatoms. The van der Waals surface area contributed by atoms with Crippen LogP contribution in [0.4, 0.5) is 0 Å². The molecule has 1 aromatic rings. The van der Waals surface area contributed by atoms with Crippen LogP contribution in [0.1, 0.15) is 32.3 Å². The molecule has 2 unspecified atom stereocenters. The fraction of sp³-hybridized carbons (Fsp3) is 0.600. The van der Waals surface area contributed by atoms with Crippen molar-refractivity contribution in [3.63, 3.8) is 0 Å².